The lowest BCUT2D eigenvalue weighted by Crippen LogP contribution is -2.49. The Morgan fingerprint density at radius 2 is 1.12 bits per heavy atom. The number of hydrogen-bond donors (Lipinski definition) is 10. The molecule has 0 aliphatic carbocycles. The van der Waals surface area contributed by atoms with Gasteiger partial charge in [-0.1, -0.05) is 103 Å². The van der Waals surface area contributed by atoms with Crippen molar-refractivity contribution in [1.82, 2.24) is 20.9 Å². The van der Waals surface area contributed by atoms with Crippen LogP contribution in [0.3, 0.4) is 0 Å². The number of rotatable bonds is 39. The SMILES string of the molecule is CC[C@H](C)[C@H](CC(=O)[C@H](Cc1ccccc1)NC(=O)[C@H](C)CC(=O)[C@H](Cc1c[nH]c2ccccc12)NC(=O)[C@H](CCCCN)CC(=O)[C@H](CCCN=C(N)N)NC(=O)[C@@H](CC(=O)[C@@H](C)CCCN=C(N)N)CC(C)C)C(N)=O. The summed E-state index contributed by atoms with van der Waals surface area (Å²) in [5, 5.41) is 9.61. The fourth-order valence-electron chi connectivity index (χ4n) is 9.64. The van der Waals surface area contributed by atoms with Gasteiger partial charge >= 0.3 is 0 Å². The van der Waals surface area contributed by atoms with Crippen LogP contribution in [0.1, 0.15) is 136 Å². The summed E-state index contributed by atoms with van der Waals surface area (Å²) in [5.74, 6) is -7.64. The van der Waals surface area contributed by atoms with E-state index in [9.17, 15) is 38.4 Å². The van der Waals surface area contributed by atoms with Gasteiger partial charge in [0.15, 0.2) is 29.3 Å². The van der Waals surface area contributed by atoms with Crippen LogP contribution < -0.4 is 50.4 Å². The van der Waals surface area contributed by atoms with Gasteiger partial charge in [-0.3, -0.25) is 48.3 Å². The maximum absolute atomic E-state index is 14.7. The minimum absolute atomic E-state index is 0.0334. The molecule has 0 aliphatic rings. The minimum Gasteiger partial charge on any atom is -0.370 e. The summed E-state index contributed by atoms with van der Waals surface area (Å²) >= 11 is 0. The average molecular weight is 1080 g/mol. The third-order valence-corrected chi connectivity index (χ3v) is 14.6. The van der Waals surface area contributed by atoms with E-state index in [1.165, 1.54) is 0 Å². The second kappa shape index (κ2) is 34.0. The standard InChI is InChI=1S/C58H90N12O8/c1-7-36(4)44(53(60)75)33-52(74)47(29-39-18-9-8-10-19-39)69-54(76)38(6)28-50(72)48(30-42-34-67-45-22-12-11-21-43(42)45)70-55(77)40(20-13-14-24-59)31-51(73)46(23-16-26-66-58(63)64)68-56(78)41(27-35(2)3)32-49(71)37(5)17-15-25-65-57(61)62/h8-12,18-19,21-22,34-38,40-41,44,46-48,67H,7,13-17,20,23-33,59H2,1-6H3,(H2,60,75)(H,68,78)(H,69,76)(H,70,77)(H4,61,62,65)(H4,63,64,66)/t36-,37-,38+,40+,41+,44-,46-,47-,48-/m0/s1. The lowest BCUT2D eigenvalue weighted by molar-refractivity contribution is -0.136. The number of guanidine groups is 2. The molecule has 1 heterocycles. The number of nitrogens with one attached hydrogen (secondary N) is 4. The van der Waals surface area contributed by atoms with E-state index in [2.05, 4.69) is 30.9 Å². The maximum atomic E-state index is 14.7. The molecule has 16 N–H and O–H groups in total. The highest BCUT2D eigenvalue weighted by Gasteiger charge is 2.35. The molecule has 20 heteroatoms. The van der Waals surface area contributed by atoms with E-state index >= 15 is 0 Å². The first-order chi connectivity index (χ1) is 37.0. The molecular weight excluding hydrogens is 993 g/mol. The van der Waals surface area contributed by atoms with Crippen molar-refractivity contribution in [2.24, 2.45) is 85.8 Å². The fraction of sp³-hybridized carbons (Fsp3) is 0.586. The van der Waals surface area contributed by atoms with Crippen LogP contribution >= 0.6 is 0 Å². The van der Waals surface area contributed by atoms with Crippen molar-refractivity contribution in [1.29, 1.82) is 0 Å². The Balaban J connectivity index is 1.95. The number of carbonyl (C=O) groups is 8. The Labute approximate surface area is 460 Å². The largest absolute Gasteiger partial charge is 0.370 e. The lowest BCUT2D eigenvalue weighted by Gasteiger charge is -2.26. The van der Waals surface area contributed by atoms with Crippen LogP contribution in [-0.2, 0) is 51.2 Å². The van der Waals surface area contributed by atoms with Gasteiger partial charge in [0.05, 0.1) is 18.1 Å². The number of H-pyrrole nitrogens is 1. The first-order valence-corrected chi connectivity index (χ1v) is 27.8. The van der Waals surface area contributed by atoms with Crippen LogP contribution in [0.5, 0.6) is 0 Å². The molecule has 2 aromatic carbocycles. The van der Waals surface area contributed by atoms with Gasteiger partial charge in [-0.25, -0.2) is 0 Å². The van der Waals surface area contributed by atoms with E-state index in [0.29, 0.717) is 58.0 Å². The predicted octanol–water partition coefficient (Wildman–Crippen LogP) is 4.18. The molecule has 1 aromatic heterocycles. The second-order valence-corrected chi connectivity index (χ2v) is 21.5. The van der Waals surface area contributed by atoms with Crippen molar-refractivity contribution in [3.05, 3.63) is 71.9 Å². The quantitative estimate of drug-likeness (QED) is 0.0218. The molecule has 0 fully saturated rings. The first-order valence-electron chi connectivity index (χ1n) is 27.8. The molecule has 430 valence electrons. The number of primary amides is 1. The maximum Gasteiger partial charge on any atom is 0.224 e. The molecule has 78 heavy (non-hydrogen) atoms. The molecule has 0 saturated heterocycles. The topological polar surface area (TPSA) is 369 Å². The zero-order valence-electron chi connectivity index (χ0n) is 46.9. The number of carbonyl (C=O) groups excluding carboxylic acids is 8. The molecule has 4 amide bonds. The second-order valence-electron chi connectivity index (χ2n) is 21.5. The van der Waals surface area contributed by atoms with E-state index in [-0.39, 0.29) is 99.2 Å². The van der Waals surface area contributed by atoms with Gasteiger partial charge in [-0.05, 0) is 86.9 Å². The zero-order chi connectivity index (χ0) is 57.9. The number of nitrogens with two attached hydrogens (primary N) is 6. The van der Waals surface area contributed by atoms with Gasteiger partial charge < -0.3 is 55.3 Å². The molecule has 0 aliphatic heterocycles. The van der Waals surface area contributed by atoms with Crippen molar-refractivity contribution in [3.8, 4) is 0 Å². The van der Waals surface area contributed by atoms with E-state index in [4.69, 9.17) is 34.4 Å². The van der Waals surface area contributed by atoms with Crippen LogP contribution in [0, 0.1) is 41.4 Å². The summed E-state index contributed by atoms with van der Waals surface area (Å²) in [6.07, 6.45) is 4.90. The fourth-order valence-corrected chi connectivity index (χ4v) is 9.64. The van der Waals surface area contributed by atoms with E-state index in [0.717, 1.165) is 22.0 Å². The molecule has 0 radical (unpaired) electrons. The summed E-state index contributed by atoms with van der Waals surface area (Å²) in [6.45, 7) is 11.9. The van der Waals surface area contributed by atoms with Gasteiger partial charge in [0.1, 0.15) is 5.78 Å². The highest BCUT2D eigenvalue weighted by molar-refractivity contribution is 5.98. The molecule has 0 bridgehead atoms. The van der Waals surface area contributed by atoms with Crippen molar-refractivity contribution < 1.29 is 38.4 Å². The van der Waals surface area contributed by atoms with E-state index in [1.807, 2.05) is 82.3 Å². The third-order valence-electron chi connectivity index (χ3n) is 14.6. The number of aromatic amines is 1. The van der Waals surface area contributed by atoms with Crippen molar-refractivity contribution in [2.45, 2.75) is 156 Å². The summed E-state index contributed by atoms with van der Waals surface area (Å²) in [4.78, 5) is 123. The number of nitrogens with zero attached hydrogens (tertiary/aromatic N) is 2. The molecular formula is C58H90N12O8. The summed E-state index contributed by atoms with van der Waals surface area (Å²) in [7, 11) is 0. The summed E-state index contributed by atoms with van der Waals surface area (Å²) < 4.78 is 0. The molecule has 0 spiro atoms. The van der Waals surface area contributed by atoms with Gasteiger partial charge in [0.25, 0.3) is 0 Å². The third kappa shape index (κ3) is 22.9. The monoisotopic (exact) mass is 1080 g/mol. The van der Waals surface area contributed by atoms with Crippen molar-refractivity contribution in [2.75, 3.05) is 19.6 Å². The number of fused-ring (bicyclic) bond motifs is 1. The number of unbranched alkanes of at least 4 members (excludes halogenated alkanes) is 1. The Bertz CT molecular complexity index is 2480. The number of Topliss-reactive ketones (excluding diaryl/α,β-unsaturated/α-hetero) is 4. The normalized spacial score (nSPS) is 14.8. The van der Waals surface area contributed by atoms with Crippen LogP contribution in [0.2, 0.25) is 0 Å². The zero-order valence-corrected chi connectivity index (χ0v) is 46.9. The van der Waals surface area contributed by atoms with Crippen LogP contribution in [-0.4, -0.2) is 101 Å². The highest BCUT2D eigenvalue weighted by Crippen LogP contribution is 2.25. The Morgan fingerprint density at radius 1 is 0.564 bits per heavy atom. The van der Waals surface area contributed by atoms with Gasteiger partial charge in [-0.2, -0.15) is 0 Å². The smallest absolute Gasteiger partial charge is 0.224 e. The number of amides is 4. The minimum atomic E-state index is -1.16. The number of benzene rings is 2. The van der Waals surface area contributed by atoms with Crippen molar-refractivity contribution in [3.63, 3.8) is 0 Å². The predicted molar refractivity (Wildman–Crippen MR) is 306 cm³/mol. The number of ketones is 4. The van der Waals surface area contributed by atoms with Crippen LogP contribution in [0.15, 0.2) is 70.8 Å². The molecule has 3 rings (SSSR count). The van der Waals surface area contributed by atoms with E-state index in [1.54, 1.807) is 20.0 Å². The Morgan fingerprint density at radius 3 is 1.73 bits per heavy atom. The van der Waals surface area contributed by atoms with Crippen molar-refractivity contribution >= 4 is 69.6 Å². The van der Waals surface area contributed by atoms with Crippen LogP contribution in [0.25, 0.3) is 10.9 Å². The number of para-hydroxylation sites is 1. The Hall–Kier alpha value is -6.96. The van der Waals surface area contributed by atoms with Gasteiger partial charge in [0, 0.05) is 91.9 Å². The van der Waals surface area contributed by atoms with Gasteiger partial charge in [-0.15, -0.1) is 0 Å². The molecule has 20 nitrogen and oxygen atoms in total. The summed E-state index contributed by atoms with van der Waals surface area (Å²) in [5.41, 5.74) is 36.0. The average Bonchev–Trinajstić information content (AvgIpc) is 3.82. The van der Waals surface area contributed by atoms with Crippen LogP contribution in [0.4, 0.5) is 0 Å². The molecule has 3 aromatic rings. The van der Waals surface area contributed by atoms with E-state index < -0.39 is 77.0 Å². The Kier molecular flexibility index (Phi) is 28.5. The molecule has 9 atom stereocenters. The molecule has 0 saturated carbocycles. The summed E-state index contributed by atoms with van der Waals surface area (Å²) in [6, 6.07) is 13.4. The number of hydrogen-bond acceptors (Lipinski definition) is 11. The molecule has 0 unspecified atom stereocenters. The van der Waals surface area contributed by atoms with Gasteiger partial charge in [0.2, 0.25) is 23.6 Å². The lowest BCUT2D eigenvalue weighted by atomic mass is 9.84. The highest BCUT2D eigenvalue weighted by atomic mass is 16.2. The first kappa shape index (κ1) is 65.3. The number of aromatic nitrogens is 1. The number of aliphatic imine (C=N–C) groups is 2.